The largest absolute Gasteiger partial charge is 0.289 e. The Labute approximate surface area is 150 Å². The molecule has 142 valence electrons. The lowest BCUT2D eigenvalue weighted by Crippen LogP contribution is -2.20. The lowest BCUT2D eigenvalue weighted by molar-refractivity contribution is -0.116. The summed E-state index contributed by atoms with van der Waals surface area (Å²) < 4.78 is 25.3. The van der Waals surface area contributed by atoms with Gasteiger partial charge in [0.05, 0.1) is 0 Å². The van der Waals surface area contributed by atoms with Gasteiger partial charge in [-0.25, -0.2) is 8.78 Å². The van der Waals surface area contributed by atoms with Crippen LogP contribution in [0.25, 0.3) is 0 Å². The highest BCUT2D eigenvalue weighted by atomic mass is 19.3. The maximum Gasteiger partial charge on any atom is 0.245 e. The third-order valence-corrected chi connectivity index (χ3v) is 5.10. The summed E-state index contributed by atoms with van der Waals surface area (Å²) in [7, 11) is 0. The number of carbonyl (C=O) groups excluding carboxylic acids is 2. The molecule has 0 aliphatic heterocycles. The maximum atomic E-state index is 12.7. The van der Waals surface area contributed by atoms with Crippen LogP contribution >= 0.6 is 0 Å². The minimum atomic E-state index is -2.53. The van der Waals surface area contributed by atoms with Crippen molar-refractivity contribution in [2.45, 2.75) is 97.8 Å². The molecule has 0 saturated carbocycles. The quantitative estimate of drug-likeness (QED) is 0.320. The van der Waals surface area contributed by atoms with Crippen LogP contribution in [0.4, 0.5) is 8.78 Å². The number of allylic oxidation sites excluding steroid dienone is 4. The topological polar surface area (TPSA) is 34.1 Å². The Balaban J connectivity index is 2.16. The van der Waals surface area contributed by atoms with Gasteiger partial charge in [0, 0.05) is 28.7 Å². The first-order chi connectivity index (χ1) is 11.6. The van der Waals surface area contributed by atoms with E-state index >= 15 is 0 Å². The minimum Gasteiger partial charge on any atom is -0.289 e. The van der Waals surface area contributed by atoms with Crippen molar-refractivity contribution in [2.24, 2.45) is 0 Å². The van der Waals surface area contributed by atoms with Gasteiger partial charge in [0.15, 0.2) is 11.6 Å². The van der Waals surface area contributed by atoms with Crippen LogP contribution in [0.2, 0.25) is 0 Å². The van der Waals surface area contributed by atoms with Crippen molar-refractivity contribution in [3.63, 3.8) is 0 Å². The van der Waals surface area contributed by atoms with Crippen molar-refractivity contribution < 1.29 is 18.4 Å². The number of hydrogen-bond donors (Lipinski definition) is 0. The monoisotopic (exact) mass is 354 g/mol. The third-order valence-electron chi connectivity index (χ3n) is 5.10. The summed E-state index contributed by atoms with van der Waals surface area (Å²) in [6.45, 7) is 6.19. The van der Waals surface area contributed by atoms with Crippen molar-refractivity contribution in [1.29, 1.82) is 0 Å². The fourth-order valence-corrected chi connectivity index (χ4v) is 3.25. The first kappa shape index (κ1) is 21.7. The highest BCUT2D eigenvalue weighted by Gasteiger charge is 2.27. The molecule has 0 radical (unpaired) electrons. The molecule has 1 rings (SSSR count). The van der Waals surface area contributed by atoms with E-state index in [2.05, 4.69) is 0 Å². The lowest BCUT2D eigenvalue weighted by atomic mass is 9.84. The van der Waals surface area contributed by atoms with E-state index in [1.165, 1.54) is 0 Å². The van der Waals surface area contributed by atoms with Crippen LogP contribution in [0.1, 0.15) is 91.9 Å². The van der Waals surface area contributed by atoms with Gasteiger partial charge in [0.25, 0.3) is 0 Å². The van der Waals surface area contributed by atoms with E-state index in [9.17, 15) is 18.4 Å². The van der Waals surface area contributed by atoms with E-state index in [0.29, 0.717) is 35.1 Å². The van der Waals surface area contributed by atoms with E-state index in [0.717, 1.165) is 51.9 Å². The molecule has 0 unspecified atom stereocenters. The van der Waals surface area contributed by atoms with E-state index in [4.69, 9.17) is 0 Å². The molecule has 0 amide bonds. The third kappa shape index (κ3) is 7.21. The molecule has 0 saturated heterocycles. The van der Waals surface area contributed by atoms with Crippen LogP contribution in [-0.2, 0) is 9.59 Å². The van der Waals surface area contributed by atoms with Gasteiger partial charge in [0.1, 0.15) is 0 Å². The zero-order valence-electron chi connectivity index (χ0n) is 16.1. The molecule has 4 heteroatoms. The fraction of sp³-hybridized carbons (Fsp3) is 0.714. The second-order valence-corrected chi connectivity index (χ2v) is 7.41. The Morgan fingerprint density at radius 2 is 1.12 bits per heavy atom. The van der Waals surface area contributed by atoms with Crippen molar-refractivity contribution in [1.82, 2.24) is 0 Å². The van der Waals surface area contributed by atoms with Crippen molar-refractivity contribution in [3.05, 3.63) is 22.3 Å². The molecule has 1 aliphatic rings. The average molecular weight is 354 g/mol. The fourth-order valence-electron chi connectivity index (χ4n) is 3.25. The van der Waals surface area contributed by atoms with Crippen LogP contribution in [0.5, 0.6) is 0 Å². The Bertz CT molecular complexity index is 551. The molecule has 25 heavy (non-hydrogen) atoms. The summed E-state index contributed by atoms with van der Waals surface area (Å²) in [5.41, 5.74) is 2.46. The van der Waals surface area contributed by atoms with Crippen molar-refractivity contribution >= 4 is 11.6 Å². The van der Waals surface area contributed by atoms with Crippen LogP contribution < -0.4 is 0 Å². The van der Waals surface area contributed by atoms with Gasteiger partial charge >= 0.3 is 0 Å². The molecule has 0 bridgehead atoms. The van der Waals surface area contributed by atoms with Crippen LogP contribution in [-0.4, -0.2) is 17.5 Å². The van der Waals surface area contributed by atoms with Gasteiger partial charge in [-0.05, 0) is 47.0 Å². The van der Waals surface area contributed by atoms with Gasteiger partial charge in [-0.1, -0.05) is 38.5 Å². The second kappa shape index (κ2) is 9.98. The highest BCUT2D eigenvalue weighted by molar-refractivity contribution is 6.24. The number of ketones is 2. The Morgan fingerprint density at radius 3 is 1.64 bits per heavy atom. The Hall–Kier alpha value is -1.32. The van der Waals surface area contributed by atoms with Crippen molar-refractivity contribution in [3.8, 4) is 0 Å². The molecule has 0 N–H and O–H groups in total. The highest BCUT2D eigenvalue weighted by Crippen LogP contribution is 2.27. The summed E-state index contributed by atoms with van der Waals surface area (Å²) in [5.74, 6) is -2.50. The second-order valence-electron chi connectivity index (χ2n) is 7.41. The van der Waals surface area contributed by atoms with E-state index in [-0.39, 0.29) is 18.0 Å². The van der Waals surface area contributed by atoms with Gasteiger partial charge in [-0.15, -0.1) is 0 Å². The summed E-state index contributed by atoms with van der Waals surface area (Å²) >= 11 is 0. The number of carbonyl (C=O) groups is 2. The van der Waals surface area contributed by atoms with Crippen LogP contribution in [0.15, 0.2) is 22.3 Å². The van der Waals surface area contributed by atoms with Gasteiger partial charge in [-0.2, -0.15) is 0 Å². The number of hydrogen-bond acceptors (Lipinski definition) is 2. The number of unbranched alkanes of at least 4 members (excludes halogenated alkanes) is 7. The normalized spacial score (nSPS) is 16.2. The summed E-state index contributed by atoms with van der Waals surface area (Å²) in [5, 5.41) is 0. The predicted molar refractivity (Wildman–Crippen MR) is 97.9 cm³/mol. The molecule has 1 aliphatic carbocycles. The number of Topliss-reactive ketones (excluding diaryl/α,β-unsaturated/α-hetero) is 2. The predicted octanol–water partition coefficient (Wildman–Crippen LogP) is 6.35. The van der Waals surface area contributed by atoms with Crippen LogP contribution in [0.3, 0.4) is 0 Å². The molecule has 0 aromatic carbocycles. The maximum absolute atomic E-state index is 12.7. The van der Waals surface area contributed by atoms with E-state index in [1.54, 1.807) is 20.8 Å². The molecule has 0 atom stereocenters. The van der Waals surface area contributed by atoms with Gasteiger partial charge in [-0.3, -0.25) is 9.59 Å². The Morgan fingerprint density at radius 1 is 0.680 bits per heavy atom. The molecular formula is C21H32F2O2. The molecular weight excluding hydrogens is 322 g/mol. The summed E-state index contributed by atoms with van der Waals surface area (Å²) in [6, 6.07) is 0. The van der Waals surface area contributed by atoms with Crippen molar-refractivity contribution in [2.75, 3.05) is 0 Å². The smallest absolute Gasteiger partial charge is 0.245 e. The molecule has 2 nitrogen and oxygen atoms in total. The minimum absolute atomic E-state index is 0.00440. The first-order valence-corrected chi connectivity index (χ1v) is 9.49. The Kier molecular flexibility index (Phi) is 8.67. The first-order valence-electron chi connectivity index (χ1n) is 9.49. The van der Waals surface area contributed by atoms with E-state index < -0.39 is 5.92 Å². The standard InChI is InChI=1S/C21H32F2O2/c1-15-16(2)20(25)18(17(3)19(15)24)13-11-9-7-5-6-8-10-12-14-21(4,22)23/h5-14H2,1-4H3. The van der Waals surface area contributed by atoms with Gasteiger partial charge in [0.2, 0.25) is 5.92 Å². The number of halogens is 2. The average Bonchev–Trinajstić information content (AvgIpc) is 2.54. The SMILES string of the molecule is CC1=C(C)C(=O)C(CCCCCCCCCCC(C)(F)F)=C(C)C1=O. The zero-order valence-corrected chi connectivity index (χ0v) is 16.1. The number of alkyl halides is 2. The molecule has 0 heterocycles. The number of rotatable bonds is 11. The molecule has 0 aromatic heterocycles. The molecule has 0 fully saturated rings. The summed E-state index contributed by atoms with van der Waals surface area (Å²) in [6.07, 6.45) is 8.36. The van der Waals surface area contributed by atoms with E-state index in [1.807, 2.05) is 0 Å². The summed E-state index contributed by atoms with van der Waals surface area (Å²) in [4.78, 5) is 24.4. The van der Waals surface area contributed by atoms with Gasteiger partial charge < -0.3 is 0 Å². The van der Waals surface area contributed by atoms with Crippen LogP contribution in [0, 0.1) is 0 Å². The molecule has 0 spiro atoms. The lowest BCUT2D eigenvalue weighted by Gasteiger charge is -2.18. The zero-order chi connectivity index (χ0) is 19.0. The molecule has 0 aromatic rings.